The van der Waals surface area contributed by atoms with Crippen molar-refractivity contribution < 1.29 is 36.4 Å². The number of hydrogen-bond acceptors (Lipinski definition) is 6. The standard InChI is InChI=1S/2C9H7NO.CH4O.O.V/c2*11-8-5-1-3-7-4-2-6-10-9(7)8;1-2;;/h2*1-6,11H;2H,1H3;;. The number of aliphatic hydroxyl groups is 1. The predicted molar refractivity (Wildman–Crippen MR) is 95.6 cm³/mol. The second-order valence-electron chi connectivity index (χ2n) is 4.70. The summed E-state index contributed by atoms with van der Waals surface area (Å²) in [5.41, 5.74) is 1.32. The SMILES string of the molecule is CO.Oc1cccc2cccnc12.Oc1cccc2cccnc12.[O]=[V]. The summed E-state index contributed by atoms with van der Waals surface area (Å²) >= 11 is 1.06. The van der Waals surface area contributed by atoms with E-state index in [0.717, 1.165) is 35.3 Å². The molecule has 0 aliphatic carbocycles. The maximum atomic E-state index is 9.31. The van der Waals surface area contributed by atoms with Gasteiger partial charge in [0, 0.05) is 30.3 Å². The molecule has 4 rings (SSSR count). The fraction of sp³-hybridized carbons (Fsp3) is 0.0526. The first-order valence-corrected chi connectivity index (χ1v) is 8.01. The van der Waals surface area contributed by atoms with Gasteiger partial charge in [-0.15, -0.1) is 0 Å². The van der Waals surface area contributed by atoms with Gasteiger partial charge >= 0.3 is 21.0 Å². The molecule has 2 heterocycles. The Morgan fingerprint density at radius 3 is 1.35 bits per heavy atom. The Hall–Kier alpha value is -2.80. The van der Waals surface area contributed by atoms with Gasteiger partial charge in [-0.25, -0.2) is 0 Å². The number of hydrogen-bond donors (Lipinski definition) is 3. The molecule has 0 aliphatic heterocycles. The third-order valence-corrected chi connectivity index (χ3v) is 3.22. The molecule has 0 saturated carbocycles. The van der Waals surface area contributed by atoms with E-state index in [9.17, 15) is 10.2 Å². The van der Waals surface area contributed by atoms with Crippen molar-refractivity contribution in [3.63, 3.8) is 0 Å². The Bertz CT molecular complexity index is 863. The van der Waals surface area contributed by atoms with Crippen LogP contribution in [0.15, 0.2) is 73.1 Å². The maximum absolute atomic E-state index is 9.31. The van der Waals surface area contributed by atoms with Gasteiger partial charge in [-0.2, -0.15) is 0 Å². The molecule has 133 valence electrons. The van der Waals surface area contributed by atoms with Crippen molar-refractivity contribution in [2.24, 2.45) is 0 Å². The van der Waals surface area contributed by atoms with Gasteiger partial charge in [0.2, 0.25) is 0 Å². The Morgan fingerprint density at radius 1 is 0.654 bits per heavy atom. The molecule has 2 aromatic heterocycles. The number of rotatable bonds is 0. The monoisotopic (exact) mass is 389 g/mol. The Morgan fingerprint density at radius 2 is 1.00 bits per heavy atom. The van der Waals surface area contributed by atoms with Crippen LogP contribution in [-0.2, 0) is 21.0 Å². The molecule has 0 spiro atoms. The summed E-state index contributed by atoms with van der Waals surface area (Å²) in [6.07, 6.45) is 3.34. The second-order valence-corrected chi connectivity index (χ2v) is 4.70. The van der Waals surface area contributed by atoms with E-state index in [1.165, 1.54) is 0 Å². The second kappa shape index (κ2) is 11.7. The van der Waals surface area contributed by atoms with E-state index in [4.69, 9.17) is 8.78 Å². The van der Waals surface area contributed by atoms with Gasteiger partial charge < -0.3 is 15.3 Å². The van der Waals surface area contributed by atoms with Crippen molar-refractivity contribution in [2.45, 2.75) is 0 Å². The number of fused-ring (bicyclic) bond motifs is 2. The van der Waals surface area contributed by atoms with Crippen LogP contribution in [0.5, 0.6) is 11.5 Å². The van der Waals surface area contributed by atoms with E-state index in [-0.39, 0.29) is 11.5 Å². The summed E-state index contributed by atoms with van der Waals surface area (Å²) in [6, 6.07) is 18.3. The number of aromatic hydroxyl groups is 2. The summed E-state index contributed by atoms with van der Waals surface area (Å²) in [4.78, 5) is 8.06. The quantitative estimate of drug-likeness (QED) is 0.426. The molecule has 2 aromatic carbocycles. The fourth-order valence-electron chi connectivity index (χ4n) is 2.18. The summed E-state index contributed by atoms with van der Waals surface area (Å²) in [5.74, 6) is 0.478. The fourth-order valence-corrected chi connectivity index (χ4v) is 2.18. The van der Waals surface area contributed by atoms with Gasteiger partial charge in [-0.05, 0) is 24.3 Å². The van der Waals surface area contributed by atoms with E-state index in [1.54, 1.807) is 36.7 Å². The molecular weight excluding hydrogens is 371 g/mol. The topological polar surface area (TPSA) is 104 Å². The third-order valence-electron chi connectivity index (χ3n) is 3.22. The van der Waals surface area contributed by atoms with Gasteiger partial charge in [0.05, 0.1) is 0 Å². The predicted octanol–water partition coefficient (Wildman–Crippen LogP) is 3.37. The van der Waals surface area contributed by atoms with E-state index in [0.29, 0.717) is 11.0 Å². The molecule has 0 unspecified atom stereocenters. The zero-order valence-corrected chi connectivity index (χ0v) is 15.4. The first kappa shape index (κ1) is 21.2. The van der Waals surface area contributed by atoms with Crippen molar-refractivity contribution in [3.8, 4) is 11.5 Å². The molecule has 7 heteroatoms. The van der Waals surface area contributed by atoms with E-state index >= 15 is 0 Å². The number of phenolic OH excluding ortho intramolecular Hbond substituents is 2. The molecule has 0 saturated heterocycles. The molecule has 3 N–H and O–H groups in total. The molecule has 6 nitrogen and oxygen atoms in total. The Balaban J connectivity index is 0.000000219. The van der Waals surface area contributed by atoms with Gasteiger partial charge in [0.1, 0.15) is 22.5 Å². The first-order chi connectivity index (χ1) is 12.8. The molecule has 0 atom stereocenters. The van der Waals surface area contributed by atoms with E-state index in [1.807, 2.05) is 36.4 Å². The average Bonchev–Trinajstić information content (AvgIpc) is 2.72. The van der Waals surface area contributed by atoms with Crippen LogP contribution in [0.25, 0.3) is 21.8 Å². The first-order valence-electron chi connectivity index (χ1n) is 7.44. The van der Waals surface area contributed by atoms with Crippen LogP contribution < -0.4 is 0 Å². The number of aromatic nitrogens is 2. The molecule has 0 amide bonds. The Labute approximate surface area is 160 Å². The zero-order chi connectivity index (χ0) is 19.4. The zero-order valence-electron chi connectivity index (χ0n) is 14.0. The van der Waals surface area contributed by atoms with Gasteiger partial charge in [-0.3, -0.25) is 9.97 Å². The van der Waals surface area contributed by atoms with Crippen molar-refractivity contribution >= 4 is 21.8 Å². The molecule has 26 heavy (non-hydrogen) atoms. The number of para-hydroxylation sites is 2. The average molecular weight is 389 g/mol. The minimum absolute atomic E-state index is 0.239. The minimum atomic E-state index is 0.239. The summed E-state index contributed by atoms with van der Waals surface area (Å²) in [5, 5.41) is 27.5. The summed E-state index contributed by atoms with van der Waals surface area (Å²) in [6.45, 7) is 0. The number of benzene rings is 2. The van der Waals surface area contributed by atoms with Crippen molar-refractivity contribution in [1.29, 1.82) is 0 Å². The van der Waals surface area contributed by atoms with Gasteiger partial charge in [0.15, 0.2) is 0 Å². The molecular formula is C19H18N2O4V. The van der Waals surface area contributed by atoms with Crippen LogP contribution in [-0.4, -0.2) is 32.4 Å². The summed E-state index contributed by atoms with van der Waals surface area (Å²) in [7, 11) is 1.00. The normalized spacial score (nSPS) is 8.96. The molecule has 4 aromatic rings. The number of phenols is 2. The summed E-state index contributed by atoms with van der Waals surface area (Å²) < 4.78 is 8.19. The van der Waals surface area contributed by atoms with E-state index < -0.39 is 0 Å². The van der Waals surface area contributed by atoms with Crippen LogP contribution in [0.2, 0.25) is 0 Å². The number of nitrogens with zero attached hydrogens (tertiary/aromatic N) is 2. The van der Waals surface area contributed by atoms with Crippen LogP contribution in [0.4, 0.5) is 0 Å². The number of pyridine rings is 2. The van der Waals surface area contributed by atoms with E-state index in [2.05, 4.69) is 9.97 Å². The van der Waals surface area contributed by atoms with Gasteiger partial charge in [0.25, 0.3) is 0 Å². The van der Waals surface area contributed by atoms with Crippen LogP contribution in [0.3, 0.4) is 0 Å². The molecule has 0 radical (unpaired) electrons. The van der Waals surface area contributed by atoms with Crippen LogP contribution in [0, 0.1) is 0 Å². The third kappa shape index (κ3) is 5.63. The Kier molecular flexibility index (Phi) is 9.57. The van der Waals surface area contributed by atoms with Crippen molar-refractivity contribution in [2.75, 3.05) is 7.11 Å². The van der Waals surface area contributed by atoms with Crippen molar-refractivity contribution in [3.05, 3.63) is 73.1 Å². The molecule has 0 bridgehead atoms. The van der Waals surface area contributed by atoms with Crippen LogP contribution >= 0.6 is 0 Å². The molecule has 0 fully saturated rings. The van der Waals surface area contributed by atoms with Crippen LogP contribution in [0.1, 0.15) is 0 Å². The van der Waals surface area contributed by atoms with Gasteiger partial charge in [-0.1, -0.05) is 36.4 Å². The molecule has 0 aliphatic rings. The van der Waals surface area contributed by atoms with Crippen molar-refractivity contribution in [1.82, 2.24) is 9.97 Å². The number of aliphatic hydroxyl groups excluding tert-OH is 1.